The summed E-state index contributed by atoms with van der Waals surface area (Å²) in [4.78, 5) is 10.8. The standard InChI is InChI=1S/C10H7IO2S/c11-8-5-14-9-2-1-6(3-12)7(4-13)10(8)9/h1-3,5,13H,4H2. The lowest BCUT2D eigenvalue weighted by molar-refractivity contribution is 0.112. The van der Waals surface area contributed by atoms with Crippen LogP contribution in [0.1, 0.15) is 15.9 Å². The smallest absolute Gasteiger partial charge is 0.150 e. The zero-order valence-corrected chi connectivity index (χ0v) is 10.1. The Morgan fingerprint density at radius 1 is 1.50 bits per heavy atom. The van der Waals surface area contributed by atoms with Crippen LogP contribution in [0.4, 0.5) is 0 Å². The molecule has 0 bridgehead atoms. The van der Waals surface area contributed by atoms with Gasteiger partial charge in [-0.3, -0.25) is 4.79 Å². The summed E-state index contributed by atoms with van der Waals surface area (Å²) in [6.07, 6.45) is 0.790. The second-order valence-electron chi connectivity index (χ2n) is 2.87. The molecule has 1 N–H and O–H groups in total. The van der Waals surface area contributed by atoms with E-state index < -0.39 is 0 Å². The number of hydrogen-bond donors (Lipinski definition) is 1. The molecule has 0 radical (unpaired) electrons. The maximum atomic E-state index is 10.8. The minimum atomic E-state index is -0.0852. The summed E-state index contributed by atoms with van der Waals surface area (Å²) in [6, 6.07) is 3.68. The van der Waals surface area contributed by atoms with Crippen molar-refractivity contribution in [2.45, 2.75) is 6.61 Å². The molecule has 0 saturated heterocycles. The first-order valence-corrected chi connectivity index (χ1v) is 5.98. The lowest BCUT2D eigenvalue weighted by Crippen LogP contribution is -1.93. The van der Waals surface area contributed by atoms with Crippen molar-refractivity contribution in [1.29, 1.82) is 0 Å². The van der Waals surface area contributed by atoms with Crippen LogP contribution >= 0.6 is 33.9 Å². The molecular weight excluding hydrogens is 311 g/mol. The van der Waals surface area contributed by atoms with Crippen molar-refractivity contribution >= 4 is 50.3 Å². The molecule has 0 spiro atoms. The number of carbonyl (C=O) groups excluding carboxylic acids is 1. The average molecular weight is 318 g/mol. The van der Waals surface area contributed by atoms with Crippen molar-refractivity contribution in [3.05, 3.63) is 32.2 Å². The van der Waals surface area contributed by atoms with Crippen LogP contribution < -0.4 is 0 Å². The highest BCUT2D eigenvalue weighted by Crippen LogP contribution is 2.31. The molecule has 0 aliphatic heterocycles. The summed E-state index contributed by atoms with van der Waals surface area (Å²) < 4.78 is 2.21. The van der Waals surface area contributed by atoms with Crippen LogP contribution in [0.3, 0.4) is 0 Å². The van der Waals surface area contributed by atoms with Crippen molar-refractivity contribution in [1.82, 2.24) is 0 Å². The molecule has 1 aromatic carbocycles. The number of aliphatic hydroxyl groups excluding tert-OH is 1. The number of thiophene rings is 1. The second-order valence-corrected chi connectivity index (χ2v) is 4.94. The minimum Gasteiger partial charge on any atom is -0.392 e. The first-order chi connectivity index (χ1) is 6.77. The molecule has 0 aliphatic rings. The van der Waals surface area contributed by atoms with Gasteiger partial charge >= 0.3 is 0 Å². The van der Waals surface area contributed by atoms with Crippen molar-refractivity contribution < 1.29 is 9.90 Å². The largest absolute Gasteiger partial charge is 0.392 e. The molecule has 0 fully saturated rings. The van der Waals surface area contributed by atoms with Crippen molar-refractivity contribution in [2.75, 3.05) is 0 Å². The average Bonchev–Trinajstić information content (AvgIpc) is 2.59. The van der Waals surface area contributed by atoms with Crippen molar-refractivity contribution in [2.24, 2.45) is 0 Å². The van der Waals surface area contributed by atoms with Gasteiger partial charge in [-0.05, 0) is 40.3 Å². The van der Waals surface area contributed by atoms with E-state index in [-0.39, 0.29) is 6.61 Å². The number of rotatable bonds is 2. The predicted octanol–water partition coefficient (Wildman–Crippen LogP) is 2.81. The summed E-state index contributed by atoms with van der Waals surface area (Å²) in [6.45, 7) is -0.0852. The van der Waals surface area contributed by atoms with E-state index in [0.29, 0.717) is 5.56 Å². The van der Waals surface area contributed by atoms with Gasteiger partial charge < -0.3 is 5.11 Å². The van der Waals surface area contributed by atoms with Gasteiger partial charge in [0.05, 0.1) is 6.61 Å². The lowest BCUT2D eigenvalue weighted by Gasteiger charge is -2.03. The van der Waals surface area contributed by atoms with Gasteiger partial charge in [0.25, 0.3) is 0 Å². The summed E-state index contributed by atoms with van der Waals surface area (Å²) in [5.74, 6) is 0. The van der Waals surface area contributed by atoms with Crippen LogP contribution in [0.2, 0.25) is 0 Å². The van der Waals surface area contributed by atoms with E-state index in [0.717, 1.165) is 25.5 Å². The minimum absolute atomic E-state index is 0.0852. The highest BCUT2D eigenvalue weighted by atomic mass is 127. The third-order valence-corrected chi connectivity index (χ3v) is 4.35. The predicted molar refractivity (Wildman–Crippen MR) is 65.9 cm³/mol. The highest BCUT2D eigenvalue weighted by molar-refractivity contribution is 14.1. The third-order valence-electron chi connectivity index (χ3n) is 2.12. The highest BCUT2D eigenvalue weighted by Gasteiger charge is 2.10. The van der Waals surface area contributed by atoms with E-state index >= 15 is 0 Å². The molecule has 72 valence electrons. The normalized spacial score (nSPS) is 10.7. The number of carbonyl (C=O) groups is 1. The van der Waals surface area contributed by atoms with E-state index in [1.165, 1.54) is 0 Å². The summed E-state index contributed by atoms with van der Waals surface area (Å²) >= 11 is 3.85. The van der Waals surface area contributed by atoms with Crippen molar-refractivity contribution in [3.8, 4) is 0 Å². The van der Waals surface area contributed by atoms with Gasteiger partial charge in [0, 0.05) is 24.6 Å². The number of aliphatic hydroxyl groups is 1. The number of benzene rings is 1. The maximum Gasteiger partial charge on any atom is 0.150 e. The van der Waals surface area contributed by atoms with Crippen LogP contribution in [-0.2, 0) is 6.61 Å². The zero-order chi connectivity index (χ0) is 10.1. The van der Waals surface area contributed by atoms with E-state index in [1.807, 2.05) is 11.4 Å². The van der Waals surface area contributed by atoms with Gasteiger partial charge in [-0.2, -0.15) is 0 Å². The molecule has 2 aromatic rings. The fraction of sp³-hybridized carbons (Fsp3) is 0.100. The summed E-state index contributed by atoms with van der Waals surface area (Å²) in [7, 11) is 0. The first-order valence-electron chi connectivity index (χ1n) is 4.02. The molecule has 14 heavy (non-hydrogen) atoms. The SMILES string of the molecule is O=Cc1ccc2scc(I)c2c1CO. The molecule has 0 atom stereocenters. The lowest BCUT2D eigenvalue weighted by atomic mass is 10.1. The number of hydrogen-bond acceptors (Lipinski definition) is 3. The molecular formula is C10H7IO2S. The Labute approximate surface area is 98.7 Å². The molecule has 0 aliphatic carbocycles. The first kappa shape index (κ1) is 10.1. The van der Waals surface area contributed by atoms with Gasteiger partial charge in [0.15, 0.2) is 0 Å². The van der Waals surface area contributed by atoms with E-state index in [4.69, 9.17) is 0 Å². The number of halogens is 1. The van der Waals surface area contributed by atoms with Crippen LogP contribution in [0.5, 0.6) is 0 Å². The molecule has 0 unspecified atom stereocenters. The van der Waals surface area contributed by atoms with Crippen molar-refractivity contribution in [3.63, 3.8) is 0 Å². The molecule has 0 saturated carbocycles. The van der Waals surface area contributed by atoms with Gasteiger partial charge in [-0.1, -0.05) is 0 Å². The van der Waals surface area contributed by atoms with Gasteiger partial charge in [-0.25, -0.2) is 0 Å². The monoisotopic (exact) mass is 318 g/mol. The molecule has 1 aromatic heterocycles. The summed E-state index contributed by atoms with van der Waals surface area (Å²) in [5.41, 5.74) is 1.32. The quantitative estimate of drug-likeness (QED) is 0.683. The van der Waals surface area contributed by atoms with Gasteiger partial charge in [-0.15, -0.1) is 11.3 Å². The molecule has 2 nitrogen and oxygen atoms in total. The van der Waals surface area contributed by atoms with Crippen LogP contribution in [-0.4, -0.2) is 11.4 Å². The number of aldehydes is 1. The Hall–Kier alpha value is -0.460. The Morgan fingerprint density at radius 2 is 2.29 bits per heavy atom. The van der Waals surface area contributed by atoms with E-state index in [1.54, 1.807) is 17.4 Å². The third kappa shape index (κ3) is 1.47. The topological polar surface area (TPSA) is 37.3 Å². The van der Waals surface area contributed by atoms with Crippen LogP contribution in [0, 0.1) is 3.57 Å². The number of fused-ring (bicyclic) bond motifs is 1. The van der Waals surface area contributed by atoms with Gasteiger partial charge in [0.1, 0.15) is 6.29 Å². The molecule has 0 amide bonds. The maximum absolute atomic E-state index is 10.8. The molecule has 2 rings (SSSR count). The Morgan fingerprint density at radius 3 is 2.93 bits per heavy atom. The van der Waals surface area contributed by atoms with Gasteiger partial charge in [0.2, 0.25) is 0 Å². The summed E-state index contributed by atoms with van der Waals surface area (Å²) in [5, 5.41) is 12.3. The van der Waals surface area contributed by atoms with E-state index in [9.17, 15) is 9.90 Å². The zero-order valence-electron chi connectivity index (χ0n) is 7.16. The Balaban J connectivity index is 2.87. The Kier molecular flexibility index (Phi) is 2.85. The fourth-order valence-electron chi connectivity index (χ4n) is 1.46. The van der Waals surface area contributed by atoms with Crippen LogP contribution in [0.25, 0.3) is 10.1 Å². The van der Waals surface area contributed by atoms with Crippen LogP contribution in [0.15, 0.2) is 17.5 Å². The second kappa shape index (κ2) is 3.96. The Bertz CT molecular complexity index is 490. The molecule has 4 heteroatoms. The molecule has 1 heterocycles. The fourth-order valence-corrected chi connectivity index (χ4v) is 3.48. The van der Waals surface area contributed by atoms with E-state index in [2.05, 4.69) is 22.6 Å².